The first-order valence-corrected chi connectivity index (χ1v) is 6.67. The smallest absolute Gasteiger partial charge is 0.00108 e. The molecule has 1 N–H and O–H groups in total. The predicted molar refractivity (Wildman–Crippen MR) is 65.0 cm³/mol. The molecular weight excluding hydrogens is 184 g/mol. The zero-order valence-corrected chi connectivity index (χ0v) is 10.3. The van der Waals surface area contributed by atoms with Crippen molar-refractivity contribution in [3.8, 4) is 0 Å². The van der Waals surface area contributed by atoms with Gasteiger partial charge in [-0.15, -0.1) is 0 Å². The standard InChI is InChI=1S/C13H26N2/c1-11-7-12(2)9-15(8-11)10-13-3-5-14-6-4-13/h11-14H,3-10H2,1-2H3. The molecule has 2 atom stereocenters. The molecule has 2 aliphatic heterocycles. The molecular formula is C13H26N2. The van der Waals surface area contributed by atoms with E-state index >= 15 is 0 Å². The van der Waals surface area contributed by atoms with Gasteiger partial charge in [0.25, 0.3) is 0 Å². The van der Waals surface area contributed by atoms with Gasteiger partial charge in [-0.05, 0) is 50.1 Å². The van der Waals surface area contributed by atoms with Crippen molar-refractivity contribution < 1.29 is 0 Å². The minimum absolute atomic E-state index is 0.912. The molecule has 0 aromatic carbocycles. The first-order chi connectivity index (χ1) is 7.24. The average molecular weight is 210 g/mol. The van der Waals surface area contributed by atoms with E-state index < -0.39 is 0 Å². The molecule has 0 aromatic rings. The Balaban J connectivity index is 1.77. The number of hydrogen-bond donors (Lipinski definition) is 1. The highest BCUT2D eigenvalue weighted by Crippen LogP contribution is 2.23. The van der Waals surface area contributed by atoms with E-state index in [9.17, 15) is 0 Å². The van der Waals surface area contributed by atoms with Crippen LogP contribution >= 0.6 is 0 Å². The van der Waals surface area contributed by atoms with Crippen molar-refractivity contribution in [2.45, 2.75) is 33.1 Å². The van der Waals surface area contributed by atoms with Gasteiger partial charge in [0.2, 0.25) is 0 Å². The first kappa shape index (κ1) is 11.4. The maximum Gasteiger partial charge on any atom is 0.00108 e. The van der Waals surface area contributed by atoms with E-state index in [1.54, 1.807) is 0 Å². The van der Waals surface area contributed by atoms with Gasteiger partial charge in [0.05, 0.1) is 0 Å². The summed E-state index contributed by atoms with van der Waals surface area (Å²) in [6, 6.07) is 0. The van der Waals surface area contributed by atoms with Crippen molar-refractivity contribution in [1.82, 2.24) is 10.2 Å². The Morgan fingerprint density at radius 2 is 1.67 bits per heavy atom. The molecule has 0 bridgehead atoms. The normalized spacial score (nSPS) is 35.6. The summed E-state index contributed by atoms with van der Waals surface area (Å²) in [5.41, 5.74) is 0. The molecule has 0 spiro atoms. The van der Waals surface area contributed by atoms with Gasteiger partial charge in [-0.2, -0.15) is 0 Å². The van der Waals surface area contributed by atoms with Crippen LogP contribution in [0.3, 0.4) is 0 Å². The van der Waals surface area contributed by atoms with Crippen molar-refractivity contribution in [1.29, 1.82) is 0 Å². The lowest BCUT2D eigenvalue weighted by atomic mass is 9.90. The number of rotatable bonds is 2. The summed E-state index contributed by atoms with van der Waals surface area (Å²) in [7, 11) is 0. The van der Waals surface area contributed by atoms with E-state index in [1.807, 2.05) is 0 Å². The van der Waals surface area contributed by atoms with Crippen LogP contribution in [0.1, 0.15) is 33.1 Å². The van der Waals surface area contributed by atoms with E-state index in [0.717, 1.165) is 17.8 Å². The third-order valence-electron chi connectivity index (χ3n) is 3.92. The van der Waals surface area contributed by atoms with E-state index in [-0.39, 0.29) is 0 Å². The number of likely N-dealkylation sites (tertiary alicyclic amines) is 1. The maximum atomic E-state index is 3.45. The molecule has 2 fully saturated rings. The van der Waals surface area contributed by atoms with Gasteiger partial charge in [0.1, 0.15) is 0 Å². The van der Waals surface area contributed by atoms with Crippen molar-refractivity contribution >= 4 is 0 Å². The largest absolute Gasteiger partial charge is 0.317 e. The summed E-state index contributed by atoms with van der Waals surface area (Å²) in [6.45, 7) is 11.3. The van der Waals surface area contributed by atoms with Gasteiger partial charge in [-0.1, -0.05) is 13.8 Å². The number of piperidine rings is 2. The maximum absolute atomic E-state index is 3.45. The Morgan fingerprint density at radius 1 is 1.07 bits per heavy atom. The molecule has 2 saturated heterocycles. The molecule has 15 heavy (non-hydrogen) atoms. The quantitative estimate of drug-likeness (QED) is 0.749. The Kier molecular flexibility index (Phi) is 4.04. The van der Waals surface area contributed by atoms with E-state index in [1.165, 1.54) is 52.0 Å². The fourth-order valence-electron chi connectivity index (χ4n) is 3.37. The Bertz CT molecular complexity index is 177. The summed E-state index contributed by atoms with van der Waals surface area (Å²) in [5.74, 6) is 2.79. The highest BCUT2D eigenvalue weighted by atomic mass is 15.1. The highest BCUT2D eigenvalue weighted by Gasteiger charge is 2.24. The zero-order chi connectivity index (χ0) is 10.7. The average Bonchev–Trinajstić information content (AvgIpc) is 2.17. The molecule has 0 amide bonds. The topological polar surface area (TPSA) is 15.3 Å². The van der Waals surface area contributed by atoms with Crippen LogP contribution in [0, 0.1) is 17.8 Å². The molecule has 0 saturated carbocycles. The lowest BCUT2D eigenvalue weighted by Crippen LogP contribution is -2.43. The van der Waals surface area contributed by atoms with Gasteiger partial charge >= 0.3 is 0 Å². The fraction of sp³-hybridized carbons (Fsp3) is 1.00. The van der Waals surface area contributed by atoms with Crippen molar-refractivity contribution in [2.75, 3.05) is 32.7 Å². The van der Waals surface area contributed by atoms with Crippen LogP contribution in [0.4, 0.5) is 0 Å². The molecule has 2 aliphatic rings. The molecule has 0 aliphatic carbocycles. The highest BCUT2D eigenvalue weighted by molar-refractivity contribution is 4.78. The van der Waals surface area contributed by atoms with E-state index in [4.69, 9.17) is 0 Å². The van der Waals surface area contributed by atoms with Crippen LogP contribution in [0.2, 0.25) is 0 Å². The molecule has 0 radical (unpaired) electrons. The van der Waals surface area contributed by atoms with Crippen molar-refractivity contribution in [2.24, 2.45) is 17.8 Å². The Morgan fingerprint density at radius 3 is 2.27 bits per heavy atom. The van der Waals surface area contributed by atoms with Crippen LogP contribution in [-0.4, -0.2) is 37.6 Å². The first-order valence-electron chi connectivity index (χ1n) is 6.67. The Labute approximate surface area is 94.4 Å². The lowest BCUT2D eigenvalue weighted by Gasteiger charge is -2.37. The molecule has 2 heterocycles. The molecule has 2 rings (SSSR count). The van der Waals surface area contributed by atoms with Gasteiger partial charge < -0.3 is 10.2 Å². The van der Waals surface area contributed by atoms with Crippen LogP contribution in [0.15, 0.2) is 0 Å². The van der Waals surface area contributed by atoms with Crippen LogP contribution in [0.5, 0.6) is 0 Å². The number of hydrogen-bond acceptors (Lipinski definition) is 2. The molecule has 2 unspecified atom stereocenters. The van der Waals surface area contributed by atoms with Crippen LogP contribution < -0.4 is 5.32 Å². The molecule has 2 heteroatoms. The van der Waals surface area contributed by atoms with Gasteiger partial charge in [0.15, 0.2) is 0 Å². The monoisotopic (exact) mass is 210 g/mol. The van der Waals surface area contributed by atoms with Crippen molar-refractivity contribution in [3.63, 3.8) is 0 Å². The molecule has 2 nitrogen and oxygen atoms in total. The minimum Gasteiger partial charge on any atom is -0.317 e. The summed E-state index contributed by atoms with van der Waals surface area (Å²) in [4.78, 5) is 2.72. The predicted octanol–water partition coefficient (Wildman–Crippen LogP) is 1.96. The lowest BCUT2D eigenvalue weighted by molar-refractivity contribution is 0.113. The van der Waals surface area contributed by atoms with Crippen LogP contribution in [-0.2, 0) is 0 Å². The summed E-state index contributed by atoms with van der Waals surface area (Å²) < 4.78 is 0. The summed E-state index contributed by atoms with van der Waals surface area (Å²) in [5, 5.41) is 3.45. The van der Waals surface area contributed by atoms with Crippen molar-refractivity contribution in [3.05, 3.63) is 0 Å². The van der Waals surface area contributed by atoms with Crippen LogP contribution in [0.25, 0.3) is 0 Å². The van der Waals surface area contributed by atoms with E-state index in [2.05, 4.69) is 24.1 Å². The number of nitrogens with zero attached hydrogens (tertiary/aromatic N) is 1. The number of nitrogens with one attached hydrogen (secondary N) is 1. The second-order valence-corrected chi connectivity index (χ2v) is 5.86. The summed E-state index contributed by atoms with van der Waals surface area (Å²) >= 11 is 0. The zero-order valence-electron chi connectivity index (χ0n) is 10.3. The third kappa shape index (κ3) is 3.46. The third-order valence-corrected chi connectivity index (χ3v) is 3.92. The van der Waals surface area contributed by atoms with Gasteiger partial charge in [-0.25, -0.2) is 0 Å². The van der Waals surface area contributed by atoms with Gasteiger partial charge in [0, 0.05) is 19.6 Å². The Hall–Kier alpha value is -0.0800. The minimum atomic E-state index is 0.912. The van der Waals surface area contributed by atoms with E-state index in [0.29, 0.717) is 0 Å². The van der Waals surface area contributed by atoms with Gasteiger partial charge in [-0.3, -0.25) is 0 Å². The second kappa shape index (κ2) is 5.31. The molecule has 0 aromatic heterocycles. The molecule has 88 valence electrons. The summed E-state index contributed by atoms with van der Waals surface area (Å²) in [6.07, 6.45) is 4.21. The SMILES string of the molecule is CC1CC(C)CN(CC2CCNCC2)C1. The second-order valence-electron chi connectivity index (χ2n) is 5.86. The fourth-order valence-corrected chi connectivity index (χ4v) is 3.37.